The van der Waals surface area contributed by atoms with Crippen LogP contribution in [0.4, 0.5) is 0 Å². The number of rotatable bonds is 2. The van der Waals surface area contributed by atoms with Crippen LogP contribution in [-0.4, -0.2) is 10.2 Å². The topological polar surface area (TPSA) is 70.7 Å². The highest BCUT2D eigenvalue weighted by molar-refractivity contribution is 5.82. The van der Waals surface area contributed by atoms with Gasteiger partial charge in [-0.05, 0) is 36.2 Å². The summed E-state index contributed by atoms with van der Waals surface area (Å²) in [6.45, 7) is 1.77. The monoisotopic (exact) mass is 282 g/mol. The molecule has 4 heteroatoms. The molecular formula is C17H14O4. The summed E-state index contributed by atoms with van der Waals surface area (Å²) in [7, 11) is 0. The van der Waals surface area contributed by atoms with Gasteiger partial charge in [-0.2, -0.15) is 0 Å². The van der Waals surface area contributed by atoms with E-state index in [1.807, 2.05) is 0 Å². The van der Waals surface area contributed by atoms with Crippen molar-refractivity contribution < 1.29 is 14.6 Å². The smallest absolute Gasteiger partial charge is 0.196 e. The summed E-state index contributed by atoms with van der Waals surface area (Å²) < 4.78 is 5.47. The number of phenolic OH excluding ortho intramolecular Hbond substituents is 2. The normalized spacial score (nSPS) is 10.9. The van der Waals surface area contributed by atoms with Crippen LogP contribution in [0.25, 0.3) is 11.0 Å². The Morgan fingerprint density at radius 2 is 1.76 bits per heavy atom. The number of aromatic hydroxyl groups is 2. The Hall–Kier alpha value is -2.75. The summed E-state index contributed by atoms with van der Waals surface area (Å²) in [6.07, 6.45) is 1.86. The Bertz CT molecular complexity index is 860. The highest BCUT2D eigenvalue weighted by atomic mass is 16.3. The molecule has 0 saturated carbocycles. The number of phenols is 2. The van der Waals surface area contributed by atoms with E-state index in [1.165, 1.54) is 12.3 Å². The molecule has 0 saturated heterocycles. The lowest BCUT2D eigenvalue weighted by atomic mass is 10.0. The van der Waals surface area contributed by atoms with Gasteiger partial charge in [-0.15, -0.1) is 0 Å². The molecule has 1 aromatic heterocycles. The third kappa shape index (κ3) is 2.48. The maximum absolute atomic E-state index is 12.5. The summed E-state index contributed by atoms with van der Waals surface area (Å²) in [4.78, 5) is 12.5. The fraction of sp³-hybridized carbons (Fsp3) is 0.118. The Balaban J connectivity index is 2.10. The molecule has 3 aromatic rings. The molecule has 0 unspecified atom stereocenters. The third-order valence-corrected chi connectivity index (χ3v) is 3.46. The van der Waals surface area contributed by atoms with Crippen LogP contribution in [-0.2, 0) is 6.42 Å². The second kappa shape index (κ2) is 4.98. The Morgan fingerprint density at radius 3 is 2.48 bits per heavy atom. The van der Waals surface area contributed by atoms with Gasteiger partial charge in [0.25, 0.3) is 0 Å². The molecule has 0 atom stereocenters. The number of hydrogen-bond donors (Lipinski definition) is 2. The molecule has 0 bridgehead atoms. The van der Waals surface area contributed by atoms with Crippen LogP contribution in [0.15, 0.2) is 51.9 Å². The molecule has 0 amide bonds. The van der Waals surface area contributed by atoms with Crippen molar-refractivity contribution >= 4 is 11.0 Å². The first-order chi connectivity index (χ1) is 10.0. The first kappa shape index (κ1) is 13.2. The number of aryl methyl sites for hydroxylation is 1. The molecule has 0 aliphatic rings. The highest BCUT2D eigenvalue weighted by Gasteiger charge is 2.11. The van der Waals surface area contributed by atoms with Crippen molar-refractivity contribution in [2.75, 3.05) is 0 Å². The zero-order chi connectivity index (χ0) is 15.0. The molecule has 2 N–H and O–H groups in total. The van der Waals surface area contributed by atoms with Crippen LogP contribution in [0.5, 0.6) is 11.5 Å². The summed E-state index contributed by atoms with van der Waals surface area (Å²) in [5, 5.41) is 19.3. The highest BCUT2D eigenvalue weighted by Crippen LogP contribution is 2.23. The summed E-state index contributed by atoms with van der Waals surface area (Å²) in [5.74, 6) is 0.269. The minimum Gasteiger partial charge on any atom is -0.508 e. The van der Waals surface area contributed by atoms with Crippen molar-refractivity contribution in [2.24, 2.45) is 0 Å². The van der Waals surface area contributed by atoms with E-state index in [9.17, 15) is 15.0 Å². The molecule has 21 heavy (non-hydrogen) atoms. The van der Waals surface area contributed by atoms with E-state index in [4.69, 9.17) is 4.42 Å². The molecule has 3 rings (SSSR count). The van der Waals surface area contributed by atoms with Crippen molar-refractivity contribution in [1.82, 2.24) is 0 Å². The molecular weight excluding hydrogens is 268 g/mol. The second-order valence-corrected chi connectivity index (χ2v) is 5.07. The van der Waals surface area contributed by atoms with E-state index in [0.29, 0.717) is 28.5 Å². The Kier molecular flexibility index (Phi) is 3.14. The minimum absolute atomic E-state index is 0.0782. The molecule has 0 fully saturated rings. The van der Waals surface area contributed by atoms with Crippen molar-refractivity contribution in [2.45, 2.75) is 13.3 Å². The minimum atomic E-state index is -0.0955. The van der Waals surface area contributed by atoms with Crippen LogP contribution >= 0.6 is 0 Å². The van der Waals surface area contributed by atoms with Gasteiger partial charge in [0.1, 0.15) is 17.1 Å². The third-order valence-electron chi connectivity index (χ3n) is 3.46. The molecule has 106 valence electrons. The first-order valence-electron chi connectivity index (χ1n) is 6.56. The predicted octanol–water partition coefficient (Wildman–Crippen LogP) is 3.10. The van der Waals surface area contributed by atoms with Gasteiger partial charge in [-0.25, -0.2) is 0 Å². The van der Waals surface area contributed by atoms with Gasteiger partial charge in [0.15, 0.2) is 5.43 Å². The van der Waals surface area contributed by atoms with E-state index in [1.54, 1.807) is 37.3 Å². The van der Waals surface area contributed by atoms with Crippen molar-refractivity contribution in [3.63, 3.8) is 0 Å². The summed E-state index contributed by atoms with van der Waals surface area (Å²) in [5.41, 5.74) is 2.43. The van der Waals surface area contributed by atoms with Gasteiger partial charge < -0.3 is 14.6 Å². The number of hydrogen-bond acceptors (Lipinski definition) is 4. The fourth-order valence-electron chi connectivity index (χ4n) is 2.42. The van der Waals surface area contributed by atoms with Gasteiger partial charge in [0.2, 0.25) is 0 Å². The fourth-order valence-corrected chi connectivity index (χ4v) is 2.42. The largest absolute Gasteiger partial charge is 0.508 e. The van der Waals surface area contributed by atoms with Gasteiger partial charge in [0.05, 0.1) is 11.6 Å². The van der Waals surface area contributed by atoms with E-state index in [-0.39, 0.29) is 16.9 Å². The molecule has 0 aliphatic heterocycles. The zero-order valence-electron chi connectivity index (χ0n) is 11.5. The quantitative estimate of drug-likeness (QED) is 0.757. The molecule has 4 nitrogen and oxygen atoms in total. The SMILES string of the molecule is Cc1cc(O)cc2occ(Cc3ccc(O)cc3)c(=O)c12. The first-order valence-corrected chi connectivity index (χ1v) is 6.56. The van der Waals surface area contributed by atoms with Crippen LogP contribution in [0.3, 0.4) is 0 Å². The molecule has 1 heterocycles. The Labute approximate surface area is 120 Å². The van der Waals surface area contributed by atoms with Crippen molar-refractivity contribution in [1.29, 1.82) is 0 Å². The number of fused-ring (bicyclic) bond motifs is 1. The standard InChI is InChI=1S/C17H14O4/c1-10-6-14(19)8-15-16(10)17(20)12(9-21-15)7-11-2-4-13(18)5-3-11/h2-6,8-9,18-19H,7H2,1H3. The molecule has 0 aliphatic carbocycles. The lowest BCUT2D eigenvalue weighted by Crippen LogP contribution is -2.10. The Morgan fingerprint density at radius 1 is 1.05 bits per heavy atom. The van der Waals surface area contributed by atoms with Crippen LogP contribution in [0.2, 0.25) is 0 Å². The van der Waals surface area contributed by atoms with Crippen LogP contribution in [0.1, 0.15) is 16.7 Å². The van der Waals surface area contributed by atoms with Crippen molar-refractivity contribution in [3.05, 3.63) is 69.6 Å². The number of benzene rings is 2. The van der Waals surface area contributed by atoms with E-state index < -0.39 is 0 Å². The maximum atomic E-state index is 12.5. The van der Waals surface area contributed by atoms with E-state index in [0.717, 1.165) is 5.56 Å². The van der Waals surface area contributed by atoms with Gasteiger partial charge in [-0.3, -0.25) is 4.79 Å². The zero-order valence-corrected chi connectivity index (χ0v) is 11.5. The molecule has 0 spiro atoms. The van der Waals surface area contributed by atoms with Gasteiger partial charge >= 0.3 is 0 Å². The van der Waals surface area contributed by atoms with E-state index in [2.05, 4.69) is 0 Å². The summed E-state index contributed by atoms with van der Waals surface area (Å²) >= 11 is 0. The van der Waals surface area contributed by atoms with Gasteiger partial charge in [-0.1, -0.05) is 12.1 Å². The summed E-state index contributed by atoms with van der Waals surface area (Å²) in [6, 6.07) is 9.69. The average molecular weight is 282 g/mol. The average Bonchev–Trinajstić information content (AvgIpc) is 2.43. The lowest BCUT2D eigenvalue weighted by molar-refractivity contribution is 0.473. The lowest BCUT2D eigenvalue weighted by Gasteiger charge is -2.06. The predicted molar refractivity (Wildman–Crippen MR) is 79.8 cm³/mol. The van der Waals surface area contributed by atoms with Crippen LogP contribution < -0.4 is 5.43 Å². The van der Waals surface area contributed by atoms with Crippen molar-refractivity contribution in [3.8, 4) is 11.5 Å². The van der Waals surface area contributed by atoms with Crippen LogP contribution in [0, 0.1) is 6.92 Å². The molecule has 2 aromatic carbocycles. The van der Waals surface area contributed by atoms with Gasteiger partial charge in [0, 0.05) is 18.1 Å². The second-order valence-electron chi connectivity index (χ2n) is 5.07. The van der Waals surface area contributed by atoms with E-state index >= 15 is 0 Å². The molecule has 0 radical (unpaired) electrons. The maximum Gasteiger partial charge on any atom is 0.196 e.